The minimum atomic E-state index is -4.64. The molecule has 4 N–H and O–H groups in total. The Bertz CT molecular complexity index is 1060. The van der Waals surface area contributed by atoms with Crippen molar-refractivity contribution in [3.05, 3.63) is 0 Å². The Kier molecular flexibility index (Phi) is 9.51. The van der Waals surface area contributed by atoms with Crippen molar-refractivity contribution in [1.29, 1.82) is 0 Å². The summed E-state index contributed by atoms with van der Waals surface area (Å²) in [5.74, 6) is 1.98. The van der Waals surface area contributed by atoms with Crippen molar-refractivity contribution in [3.8, 4) is 0 Å². The van der Waals surface area contributed by atoms with Gasteiger partial charge in [0.15, 0.2) is 0 Å². The molecule has 12 heteroatoms. The van der Waals surface area contributed by atoms with Crippen LogP contribution in [0.4, 0.5) is 0 Å². The lowest BCUT2D eigenvalue weighted by Gasteiger charge is -2.62. The third kappa shape index (κ3) is 6.84. The van der Waals surface area contributed by atoms with Gasteiger partial charge in [0.2, 0.25) is 0 Å². The monoisotopic (exact) mass is 596 g/mol. The Hall–Kier alpha value is -0.340. The quantitative estimate of drug-likeness (QED) is 0.256. The molecule has 4 unspecified atom stereocenters. The van der Waals surface area contributed by atoms with E-state index < -0.39 is 33.0 Å². The average Bonchev–Trinajstić information content (AvgIpc) is 3.17. The molecule has 39 heavy (non-hydrogen) atoms. The first-order valence-electron chi connectivity index (χ1n) is 14.6. The number of aliphatic hydroxyl groups is 2. The average molecular weight is 597 g/mol. The van der Waals surface area contributed by atoms with Crippen LogP contribution in [0.5, 0.6) is 0 Å². The fourth-order valence-electron chi connectivity index (χ4n) is 9.73. The molecule has 4 saturated carbocycles. The molecular weight excluding hydrogens is 548 g/mol. The molecule has 0 bridgehead atoms. The van der Waals surface area contributed by atoms with Gasteiger partial charge in [-0.25, -0.2) is 8.37 Å². The van der Waals surface area contributed by atoms with Crippen molar-refractivity contribution >= 4 is 20.8 Å². The van der Waals surface area contributed by atoms with E-state index in [-0.39, 0.29) is 47.7 Å². The van der Waals surface area contributed by atoms with Gasteiger partial charge in [0.1, 0.15) is 6.10 Å². The molecule has 0 radical (unpaired) electrons. The Morgan fingerprint density at radius 1 is 0.923 bits per heavy atom. The predicted octanol–water partition coefficient (Wildman–Crippen LogP) is 4.04. The zero-order chi connectivity index (χ0) is 28.8. The lowest BCUT2D eigenvalue weighted by atomic mass is 9.44. The SMILES string of the molecule is CC(CO)CCC[C@@H](COS(=O)(=O)O)[C@H]1CCC2C3CC[C@H]4C[C@H](OS(=O)(=O)O)[C@@H](O)C[C@]4(C)C3CC[C@@]21C. The van der Waals surface area contributed by atoms with Crippen molar-refractivity contribution in [2.75, 3.05) is 13.2 Å². The first-order chi connectivity index (χ1) is 18.1. The highest BCUT2D eigenvalue weighted by Gasteiger charge is 2.62. The third-order valence-electron chi connectivity index (χ3n) is 11.6. The summed E-state index contributed by atoms with van der Waals surface area (Å²) in [5.41, 5.74) is -0.126. The second-order valence-electron chi connectivity index (χ2n) is 13.6. The molecule has 11 atom stereocenters. The zero-order valence-electron chi connectivity index (χ0n) is 23.4. The molecule has 4 aliphatic carbocycles. The predicted molar refractivity (Wildman–Crippen MR) is 144 cm³/mol. The van der Waals surface area contributed by atoms with E-state index in [0.29, 0.717) is 30.6 Å². The number of fused-ring (bicyclic) bond motifs is 5. The van der Waals surface area contributed by atoms with Gasteiger partial charge in [-0.15, -0.1) is 0 Å². The van der Waals surface area contributed by atoms with E-state index in [1.54, 1.807) is 0 Å². The summed E-state index contributed by atoms with van der Waals surface area (Å²) in [4.78, 5) is 0. The topological polar surface area (TPSA) is 168 Å². The molecule has 0 aromatic heterocycles. The molecular formula is C27H48O10S2. The van der Waals surface area contributed by atoms with Gasteiger partial charge in [0.05, 0.1) is 12.7 Å². The molecule has 0 aromatic rings. The normalized spacial score (nSPS) is 42.3. The number of hydrogen-bond acceptors (Lipinski definition) is 8. The summed E-state index contributed by atoms with van der Waals surface area (Å²) in [6, 6.07) is 0. The van der Waals surface area contributed by atoms with Gasteiger partial charge < -0.3 is 10.2 Å². The summed E-state index contributed by atoms with van der Waals surface area (Å²) >= 11 is 0. The van der Waals surface area contributed by atoms with Crippen molar-refractivity contribution in [3.63, 3.8) is 0 Å². The summed E-state index contributed by atoms with van der Waals surface area (Å²) in [6.45, 7) is 6.67. The van der Waals surface area contributed by atoms with Crippen LogP contribution in [0.3, 0.4) is 0 Å². The highest BCUT2D eigenvalue weighted by molar-refractivity contribution is 7.81. The fourth-order valence-corrected chi connectivity index (χ4v) is 10.6. The molecule has 0 spiro atoms. The molecule has 0 amide bonds. The van der Waals surface area contributed by atoms with Crippen LogP contribution in [0.1, 0.15) is 91.4 Å². The van der Waals surface area contributed by atoms with Gasteiger partial charge in [-0.2, -0.15) is 16.8 Å². The maximum atomic E-state index is 11.4. The zero-order valence-corrected chi connectivity index (χ0v) is 25.1. The first kappa shape index (κ1) is 31.6. The summed E-state index contributed by atoms with van der Waals surface area (Å²) in [6.07, 6.45) is 7.41. The molecule has 0 heterocycles. The van der Waals surface area contributed by atoms with Gasteiger partial charge in [0.25, 0.3) is 0 Å². The van der Waals surface area contributed by atoms with Crippen molar-refractivity contribution < 1.29 is 44.5 Å². The van der Waals surface area contributed by atoms with Gasteiger partial charge in [0, 0.05) is 6.61 Å². The molecule has 10 nitrogen and oxygen atoms in total. The summed E-state index contributed by atoms with van der Waals surface area (Å²) in [7, 11) is -9.17. The van der Waals surface area contributed by atoms with Crippen molar-refractivity contribution in [1.82, 2.24) is 0 Å². The van der Waals surface area contributed by atoms with E-state index in [1.807, 2.05) is 6.92 Å². The van der Waals surface area contributed by atoms with Gasteiger partial charge in [-0.3, -0.25) is 9.11 Å². The maximum absolute atomic E-state index is 11.4. The lowest BCUT2D eigenvalue weighted by Crippen LogP contribution is -2.57. The summed E-state index contributed by atoms with van der Waals surface area (Å²) in [5, 5.41) is 20.3. The van der Waals surface area contributed by atoms with Crippen LogP contribution in [0.25, 0.3) is 0 Å². The highest BCUT2D eigenvalue weighted by Crippen LogP contribution is 2.68. The van der Waals surface area contributed by atoms with E-state index in [9.17, 15) is 36.2 Å². The second-order valence-corrected chi connectivity index (χ2v) is 15.8. The van der Waals surface area contributed by atoms with E-state index in [0.717, 1.165) is 57.8 Å². The van der Waals surface area contributed by atoms with Crippen LogP contribution < -0.4 is 0 Å². The second kappa shape index (κ2) is 11.7. The van der Waals surface area contributed by atoms with Crippen LogP contribution in [-0.2, 0) is 29.2 Å². The highest BCUT2D eigenvalue weighted by atomic mass is 32.3. The Labute approximate surface area is 234 Å². The minimum absolute atomic E-state index is 0.00821. The van der Waals surface area contributed by atoms with Crippen molar-refractivity contribution in [2.45, 2.75) is 104 Å². The van der Waals surface area contributed by atoms with Crippen LogP contribution in [0, 0.1) is 52.3 Å². The number of rotatable bonds is 11. The number of aliphatic hydroxyl groups excluding tert-OH is 2. The van der Waals surface area contributed by atoms with Crippen LogP contribution >= 0.6 is 0 Å². The minimum Gasteiger partial charge on any atom is -0.396 e. The van der Waals surface area contributed by atoms with Crippen LogP contribution in [-0.4, -0.2) is 61.6 Å². The smallest absolute Gasteiger partial charge is 0.396 e. The Balaban J connectivity index is 1.50. The first-order valence-corrected chi connectivity index (χ1v) is 17.4. The standard InChI is InChI=1S/C27H48O10S2/c1-17(15-28)5-4-6-18(16-36-38(30,31)32)21-9-10-22-20-8-7-19-13-25(37-39(33,34)35)24(29)14-27(19,3)23(20)11-12-26(21,22)2/h17-25,28-29H,4-16H2,1-3H3,(H,30,31,32)(H,33,34,35)/t17?,18-,19-,20?,21+,22?,23?,24-,25-,26+,27-/m0/s1. The Morgan fingerprint density at radius 2 is 1.62 bits per heavy atom. The molecule has 0 saturated heterocycles. The molecule has 228 valence electrons. The number of hydrogen-bond donors (Lipinski definition) is 4. The van der Waals surface area contributed by atoms with Gasteiger partial charge in [-0.1, -0.05) is 27.2 Å². The van der Waals surface area contributed by atoms with E-state index in [2.05, 4.69) is 13.8 Å². The van der Waals surface area contributed by atoms with Crippen molar-refractivity contribution in [2.24, 2.45) is 52.3 Å². The van der Waals surface area contributed by atoms with E-state index in [1.165, 1.54) is 0 Å². The van der Waals surface area contributed by atoms with Crippen LogP contribution in [0.15, 0.2) is 0 Å². The molecule has 4 fully saturated rings. The Morgan fingerprint density at radius 3 is 2.26 bits per heavy atom. The van der Waals surface area contributed by atoms with Crippen LogP contribution in [0.2, 0.25) is 0 Å². The summed E-state index contributed by atoms with van der Waals surface area (Å²) < 4.78 is 73.8. The third-order valence-corrected chi connectivity index (χ3v) is 12.5. The van der Waals surface area contributed by atoms with E-state index >= 15 is 0 Å². The van der Waals surface area contributed by atoms with E-state index in [4.69, 9.17) is 8.37 Å². The largest absolute Gasteiger partial charge is 0.397 e. The fraction of sp³-hybridized carbons (Fsp3) is 1.00. The molecule has 4 rings (SSSR count). The van der Waals surface area contributed by atoms with Gasteiger partial charge in [-0.05, 0) is 116 Å². The van der Waals surface area contributed by atoms with Gasteiger partial charge >= 0.3 is 20.8 Å². The molecule has 0 aromatic carbocycles. The molecule has 4 aliphatic rings. The molecule has 0 aliphatic heterocycles. The maximum Gasteiger partial charge on any atom is 0.397 e. The lowest BCUT2D eigenvalue weighted by molar-refractivity contribution is -0.157.